The Labute approximate surface area is 210 Å². The van der Waals surface area contributed by atoms with Gasteiger partial charge in [-0.05, 0) is 55.8 Å². The normalized spacial score (nSPS) is 11.5. The molecule has 0 unspecified atom stereocenters. The molecule has 0 fully saturated rings. The Morgan fingerprint density at radius 1 is 0.972 bits per heavy atom. The number of carbonyl (C=O) groups excluding carboxylic acids is 2. The zero-order valence-electron chi connectivity index (χ0n) is 20.6. The predicted molar refractivity (Wildman–Crippen MR) is 139 cm³/mol. The van der Waals surface area contributed by atoms with E-state index >= 15 is 0 Å². The minimum Gasteiger partial charge on any atom is -0.346 e. The lowest BCUT2D eigenvalue weighted by Crippen LogP contribution is -2.33. The summed E-state index contributed by atoms with van der Waals surface area (Å²) >= 11 is 0. The van der Waals surface area contributed by atoms with Crippen LogP contribution in [0.4, 0.5) is 10.5 Å². The maximum atomic E-state index is 12.6. The fourth-order valence-electron chi connectivity index (χ4n) is 3.57. The van der Waals surface area contributed by atoms with E-state index in [9.17, 15) is 9.59 Å². The molecule has 0 radical (unpaired) electrons. The number of rotatable bonds is 8. The van der Waals surface area contributed by atoms with Gasteiger partial charge in [0, 0.05) is 36.8 Å². The number of anilines is 1. The molecule has 1 heterocycles. The minimum atomic E-state index is -0.210. The highest BCUT2D eigenvalue weighted by Gasteiger charge is 2.15. The molecule has 3 amide bonds. The average molecular weight is 484 g/mol. The maximum Gasteiger partial charge on any atom is 0.321 e. The highest BCUT2D eigenvalue weighted by atomic mass is 16.5. The van der Waals surface area contributed by atoms with Crippen LogP contribution in [0.5, 0.6) is 0 Å². The molecule has 8 heteroatoms. The van der Waals surface area contributed by atoms with Crippen LogP contribution in [0, 0.1) is 6.92 Å². The van der Waals surface area contributed by atoms with Gasteiger partial charge in [-0.1, -0.05) is 53.2 Å². The van der Waals surface area contributed by atoms with Gasteiger partial charge in [-0.15, -0.1) is 0 Å². The molecule has 0 saturated heterocycles. The van der Waals surface area contributed by atoms with Crippen molar-refractivity contribution in [2.45, 2.75) is 26.3 Å². The molecule has 1 atom stereocenters. The number of aryl methyl sites for hydroxylation is 1. The number of likely N-dealkylation sites (N-methyl/N-ethyl adjacent to an activating group) is 1. The smallest absolute Gasteiger partial charge is 0.321 e. The Morgan fingerprint density at radius 2 is 1.67 bits per heavy atom. The number of carbonyl (C=O) groups is 2. The number of aromatic nitrogens is 2. The van der Waals surface area contributed by atoms with Crippen molar-refractivity contribution in [1.29, 1.82) is 0 Å². The predicted octanol–water partition coefficient (Wildman–Crippen LogP) is 5.24. The van der Waals surface area contributed by atoms with E-state index in [1.807, 2.05) is 68.4 Å². The number of hydrogen-bond acceptors (Lipinski definition) is 5. The van der Waals surface area contributed by atoms with Crippen molar-refractivity contribution in [3.05, 3.63) is 101 Å². The Bertz CT molecular complexity index is 1300. The monoisotopic (exact) mass is 483 g/mol. The summed E-state index contributed by atoms with van der Waals surface area (Å²) in [5, 5.41) is 9.89. The third-order valence-electron chi connectivity index (χ3n) is 5.83. The molecular weight excluding hydrogens is 454 g/mol. The van der Waals surface area contributed by atoms with Gasteiger partial charge < -0.3 is 20.1 Å². The third kappa shape index (κ3) is 6.35. The van der Waals surface area contributed by atoms with E-state index in [1.54, 1.807) is 36.2 Å². The molecule has 184 valence electrons. The maximum absolute atomic E-state index is 12.6. The topological polar surface area (TPSA) is 100 Å². The second kappa shape index (κ2) is 11.3. The van der Waals surface area contributed by atoms with Crippen molar-refractivity contribution in [2.24, 2.45) is 0 Å². The zero-order chi connectivity index (χ0) is 25.5. The summed E-state index contributed by atoms with van der Waals surface area (Å²) in [6.45, 7) is 4.37. The van der Waals surface area contributed by atoms with Crippen molar-refractivity contribution >= 4 is 17.6 Å². The van der Waals surface area contributed by atoms with Crippen molar-refractivity contribution in [1.82, 2.24) is 20.4 Å². The van der Waals surface area contributed by atoms with Crippen molar-refractivity contribution in [3.63, 3.8) is 0 Å². The lowest BCUT2D eigenvalue weighted by atomic mass is 10.1. The first-order valence-electron chi connectivity index (χ1n) is 11.8. The van der Waals surface area contributed by atoms with Gasteiger partial charge in [-0.2, -0.15) is 4.98 Å². The van der Waals surface area contributed by atoms with Crippen LogP contribution in [0.25, 0.3) is 11.5 Å². The van der Waals surface area contributed by atoms with Crippen LogP contribution in [-0.2, 0) is 6.42 Å². The largest absolute Gasteiger partial charge is 0.346 e. The Hall–Kier alpha value is -4.46. The van der Waals surface area contributed by atoms with E-state index in [-0.39, 0.29) is 18.0 Å². The van der Waals surface area contributed by atoms with Crippen LogP contribution in [-0.4, -0.2) is 40.6 Å². The summed E-state index contributed by atoms with van der Waals surface area (Å²) < 4.78 is 5.39. The van der Waals surface area contributed by atoms with Crippen molar-refractivity contribution in [2.75, 3.05) is 18.9 Å². The first-order valence-corrected chi connectivity index (χ1v) is 11.8. The molecule has 2 N–H and O–H groups in total. The fraction of sp³-hybridized carbons (Fsp3) is 0.214. The lowest BCUT2D eigenvalue weighted by molar-refractivity contribution is 0.0940. The third-order valence-corrected chi connectivity index (χ3v) is 5.83. The summed E-state index contributed by atoms with van der Waals surface area (Å²) in [6, 6.07) is 24.1. The second-order valence-electron chi connectivity index (χ2n) is 8.67. The van der Waals surface area contributed by atoms with Gasteiger partial charge >= 0.3 is 6.03 Å². The van der Waals surface area contributed by atoms with E-state index in [2.05, 4.69) is 20.8 Å². The number of urea groups is 1. The summed E-state index contributed by atoms with van der Waals surface area (Å²) in [4.78, 5) is 31.0. The SMILES string of the molecule is Cc1ccc(NC(=O)N(C)CCc2noc(-c3ccc(C(=O)N[C@H](C)c4ccccc4)cc3)n2)cc1. The van der Waals surface area contributed by atoms with Gasteiger partial charge in [-0.25, -0.2) is 4.79 Å². The first-order chi connectivity index (χ1) is 17.4. The molecular formula is C28H29N5O3. The highest BCUT2D eigenvalue weighted by Crippen LogP contribution is 2.19. The molecule has 36 heavy (non-hydrogen) atoms. The summed E-state index contributed by atoms with van der Waals surface area (Å²) in [5.41, 5.74) is 4.17. The molecule has 0 saturated carbocycles. The molecule has 8 nitrogen and oxygen atoms in total. The molecule has 0 spiro atoms. The van der Waals surface area contributed by atoms with Crippen LogP contribution in [0.15, 0.2) is 83.4 Å². The molecule has 3 aromatic carbocycles. The van der Waals surface area contributed by atoms with Crippen LogP contribution in [0.3, 0.4) is 0 Å². The van der Waals surface area contributed by atoms with Gasteiger partial charge in [0.15, 0.2) is 5.82 Å². The molecule has 1 aromatic heterocycles. The molecule has 0 bridgehead atoms. The number of benzene rings is 3. The summed E-state index contributed by atoms with van der Waals surface area (Å²) in [7, 11) is 1.72. The minimum absolute atomic E-state index is 0.103. The Kier molecular flexibility index (Phi) is 7.75. The van der Waals surface area contributed by atoms with Crippen LogP contribution in [0.1, 0.15) is 40.3 Å². The molecule has 4 rings (SSSR count). The molecule has 0 aliphatic carbocycles. The fourth-order valence-corrected chi connectivity index (χ4v) is 3.57. The van der Waals surface area contributed by atoms with Crippen LogP contribution in [0.2, 0.25) is 0 Å². The Morgan fingerprint density at radius 3 is 2.36 bits per heavy atom. The molecule has 0 aliphatic rings. The number of nitrogens with zero attached hydrogens (tertiary/aromatic N) is 3. The van der Waals surface area contributed by atoms with Gasteiger partial charge in [0.25, 0.3) is 11.8 Å². The van der Waals surface area contributed by atoms with E-state index in [0.29, 0.717) is 35.8 Å². The number of hydrogen-bond donors (Lipinski definition) is 2. The van der Waals surface area contributed by atoms with Crippen molar-refractivity contribution < 1.29 is 14.1 Å². The molecule has 0 aliphatic heterocycles. The van der Waals surface area contributed by atoms with Gasteiger partial charge in [0.2, 0.25) is 0 Å². The van der Waals surface area contributed by atoms with Crippen molar-refractivity contribution in [3.8, 4) is 11.5 Å². The summed E-state index contributed by atoms with van der Waals surface area (Å²) in [6.07, 6.45) is 0.444. The second-order valence-corrected chi connectivity index (χ2v) is 8.67. The van der Waals surface area contributed by atoms with Gasteiger partial charge in [-0.3, -0.25) is 4.79 Å². The van der Waals surface area contributed by atoms with E-state index in [4.69, 9.17) is 4.52 Å². The standard InChI is InChI=1S/C28H29N5O3/c1-19-9-15-24(16-10-19)30-28(35)33(3)18-17-25-31-27(36-32-25)23-13-11-22(12-14-23)26(34)29-20(2)21-7-5-4-6-8-21/h4-16,20H,17-18H2,1-3H3,(H,29,34)(H,30,35)/t20-/m1/s1. The quantitative estimate of drug-likeness (QED) is 0.357. The van der Waals surface area contributed by atoms with E-state index in [0.717, 1.165) is 16.8 Å². The van der Waals surface area contributed by atoms with E-state index in [1.165, 1.54) is 0 Å². The highest BCUT2D eigenvalue weighted by molar-refractivity contribution is 5.94. The molecule has 4 aromatic rings. The lowest BCUT2D eigenvalue weighted by Gasteiger charge is -2.17. The van der Waals surface area contributed by atoms with Crippen LogP contribution >= 0.6 is 0 Å². The number of amides is 3. The number of nitrogens with one attached hydrogen (secondary N) is 2. The van der Waals surface area contributed by atoms with Gasteiger partial charge in [0.1, 0.15) is 0 Å². The zero-order valence-corrected chi connectivity index (χ0v) is 20.6. The average Bonchev–Trinajstić information content (AvgIpc) is 3.38. The van der Waals surface area contributed by atoms with Crippen LogP contribution < -0.4 is 10.6 Å². The Balaban J connectivity index is 1.29. The first kappa shape index (κ1) is 24.7. The van der Waals surface area contributed by atoms with E-state index < -0.39 is 0 Å². The van der Waals surface area contributed by atoms with Gasteiger partial charge in [0.05, 0.1) is 6.04 Å². The summed E-state index contributed by atoms with van der Waals surface area (Å²) in [5.74, 6) is 0.705.